The van der Waals surface area contributed by atoms with E-state index in [1.807, 2.05) is 0 Å². The lowest BCUT2D eigenvalue weighted by atomic mass is 10.3. The van der Waals surface area contributed by atoms with Crippen LogP contribution in [0.4, 0.5) is 8.78 Å². The molecular formula is C7H12ClF2NO2. The number of carboxylic acids is 1. The third-order valence-corrected chi connectivity index (χ3v) is 1.93. The normalized spacial score (nSPS) is 18.3. The smallest absolute Gasteiger partial charge is 0.375 e. The molecule has 13 heavy (non-hydrogen) atoms. The Hall–Kier alpha value is -0.420. The van der Waals surface area contributed by atoms with E-state index in [0.717, 1.165) is 12.8 Å². The SMILES string of the molecule is Cl.O=C(O)C(F)(F)CN1CCCC1. The van der Waals surface area contributed by atoms with E-state index < -0.39 is 18.4 Å². The average Bonchev–Trinajstić information content (AvgIpc) is 2.38. The Kier molecular flexibility index (Phi) is 4.56. The van der Waals surface area contributed by atoms with Gasteiger partial charge in [-0.2, -0.15) is 8.78 Å². The average molecular weight is 216 g/mol. The second-order valence-electron chi connectivity index (χ2n) is 2.99. The zero-order valence-corrected chi connectivity index (χ0v) is 7.82. The van der Waals surface area contributed by atoms with Crippen LogP contribution in [0.1, 0.15) is 12.8 Å². The molecule has 0 radical (unpaired) electrons. The zero-order chi connectivity index (χ0) is 9.19. The van der Waals surface area contributed by atoms with Crippen molar-refractivity contribution in [1.82, 2.24) is 4.90 Å². The lowest BCUT2D eigenvalue weighted by molar-refractivity contribution is -0.167. The molecule has 0 aromatic carbocycles. The van der Waals surface area contributed by atoms with Crippen molar-refractivity contribution < 1.29 is 18.7 Å². The molecule has 0 atom stereocenters. The first-order valence-electron chi connectivity index (χ1n) is 3.86. The predicted octanol–water partition coefficient (Wildman–Crippen LogP) is 1.22. The molecule has 1 aliphatic heterocycles. The van der Waals surface area contributed by atoms with E-state index in [-0.39, 0.29) is 12.4 Å². The molecule has 0 aromatic rings. The molecule has 1 aliphatic rings. The van der Waals surface area contributed by atoms with Gasteiger partial charge in [-0.1, -0.05) is 0 Å². The number of halogens is 3. The maximum Gasteiger partial charge on any atom is 0.375 e. The summed E-state index contributed by atoms with van der Waals surface area (Å²) in [6.07, 6.45) is 1.77. The fraction of sp³-hybridized carbons (Fsp3) is 0.857. The van der Waals surface area contributed by atoms with Gasteiger partial charge in [0.2, 0.25) is 0 Å². The Labute approximate surface area is 81.1 Å². The lowest BCUT2D eigenvalue weighted by Crippen LogP contribution is -2.41. The highest BCUT2D eigenvalue weighted by molar-refractivity contribution is 5.85. The van der Waals surface area contributed by atoms with E-state index >= 15 is 0 Å². The zero-order valence-electron chi connectivity index (χ0n) is 7.00. The van der Waals surface area contributed by atoms with Gasteiger partial charge in [0.05, 0.1) is 6.54 Å². The quantitative estimate of drug-likeness (QED) is 0.770. The summed E-state index contributed by atoms with van der Waals surface area (Å²) in [5.74, 6) is -5.63. The number of hydrogen-bond acceptors (Lipinski definition) is 2. The molecular weight excluding hydrogens is 204 g/mol. The molecule has 0 saturated carbocycles. The molecule has 0 aliphatic carbocycles. The number of carboxylic acid groups (broad SMARTS) is 1. The number of alkyl halides is 2. The Bertz CT molecular complexity index is 183. The first-order valence-corrected chi connectivity index (χ1v) is 3.86. The first kappa shape index (κ1) is 12.6. The summed E-state index contributed by atoms with van der Waals surface area (Å²) in [5.41, 5.74) is 0. The standard InChI is InChI=1S/C7H11F2NO2.ClH/c8-7(9,6(11)12)5-10-3-1-2-4-10;/h1-5H2,(H,11,12);1H. The lowest BCUT2D eigenvalue weighted by Gasteiger charge is -2.19. The van der Waals surface area contributed by atoms with Gasteiger partial charge in [-0.15, -0.1) is 12.4 Å². The Balaban J connectivity index is 0.00000144. The topological polar surface area (TPSA) is 40.5 Å². The van der Waals surface area contributed by atoms with Crippen LogP contribution in [0.25, 0.3) is 0 Å². The van der Waals surface area contributed by atoms with Crippen molar-refractivity contribution in [3.05, 3.63) is 0 Å². The van der Waals surface area contributed by atoms with Gasteiger partial charge in [0, 0.05) is 0 Å². The maximum absolute atomic E-state index is 12.6. The van der Waals surface area contributed by atoms with Crippen molar-refractivity contribution in [2.45, 2.75) is 18.8 Å². The largest absolute Gasteiger partial charge is 0.477 e. The third kappa shape index (κ3) is 3.44. The minimum absolute atomic E-state index is 0. The molecule has 0 amide bonds. The van der Waals surface area contributed by atoms with E-state index in [2.05, 4.69) is 0 Å². The van der Waals surface area contributed by atoms with Gasteiger partial charge < -0.3 is 5.11 Å². The number of nitrogens with zero attached hydrogens (tertiary/aromatic N) is 1. The fourth-order valence-corrected chi connectivity index (χ4v) is 1.29. The van der Waals surface area contributed by atoms with Crippen LogP contribution < -0.4 is 0 Å². The van der Waals surface area contributed by atoms with Crippen LogP contribution in [0.2, 0.25) is 0 Å². The van der Waals surface area contributed by atoms with Gasteiger partial charge in [-0.05, 0) is 25.9 Å². The summed E-state index contributed by atoms with van der Waals surface area (Å²) < 4.78 is 25.1. The molecule has 1 heterocycles. The summed E-state index contributed by atoms with van der Waals surface area (Å²) in [6.45, 7) is 0.522. The van der Waals surface area contributed by atoms with E-state index in [9.17, 15) is 13.6 Å². The molecule has 1 fully saturated rings. The number of hydrogen-bond donors (Lipinski definition) is 1. The first-order chi connectivity index (χ1) is 5.52. The molecule has 0 aromatic heterocycles. The van der Waals surface area contributed by atoms with Gasteiger partial charge in [-0.25, -0.2) is 4.79 Å². The molecule has 0 spiro atoms. The highest BCUT2D eigenvalue weighted by Gasteiger charge is 2.40. The maximum atomic E-state index is 12.6. The van der Waals surface area contributed by atoms with Gasteiger partial charge in [0.25, 0.3) is 0 Å². The minimum atomic E-state index is -3.59. The van der Waals surface area contributed by atoms with Crippen molar-refractivity contribution in [3.8, 4) is 0 Å². The van der Waals surface area contributed by atoms with Crippen molar-refractivity contribution >= 4 is 18.4 Å². The van der Waals surface area contributed by atoms with Crippen LogP contribution in [0.15, 0.2) is 0 Å². The van der Waals surface area contributed by atoms with Crippen LogP contribution in [0.5, 0.6) is 0 Å². The number of likely N-dealkylation sites (tertiary alicyclic amines) is 1. The fourth-order valence-electron chi connectivity index (χ4n) is 1.29. The highest BCUT2D eigenvalue weighted by atomic mass is 35.5. The van der Waals surface area contributed by atoms with E-state index in [1.165, 1.54) is 4.90 Å². The predicted molar refractivity (Wildman–Crippen MR) is 45.5 cm³/mol. The minimum Gasteiger partial charge on any atom is -0.477 e. The summed E-state index contributed by atoms with van der Waals surface area (Å²) >= 11 is 0. The highest BCUT2D eigenvalue weighted by Crippen LogP contribution is 2.18. The van der Waals surface area contributed by atoms with E-state index in [4.69, 9.17) is 5.11 Å². The van der Waals surface area contributed by atoms with Crippen molar-refractivity contribution in [2.24, 2.45) is 0 Å². The Morgan fingerprint density at radius 1 is 1.38 bits per heavy atom. The van der Waals surface area contributed by atoms with Crippen LogP contribution >= 0.6 is 12.4 Å². The molecule has 1 saturated heterocycles. The van der Waals surface area contributed by atoms with Gasteiger partial charge in [0.15, 0.2) is 0 Å². The van der Waals surface area contributed by atoms with Gasteiger partial charge in [0.1, 0.15) is 0 Å². The van der Waals surface area contributed by atoms with Crippen LogP contribution in [0.3, 0.4) is 0 Å². The third-order valence-electron chi connectivity index (χ3n) is 1.93. The second-order valence-corrected chi connectivity index (χ2v) is 2.99. The van der Waals surface area contributed by atoms with Crippen LogP contribution in [0, 0.1) is 0 Å². The van der Waals surface area contributed by atoms with Crippen molar-refractivity contribution in [2.75, 3.05) is 19.6 Å². The summed E-state index contributed by atoms with van der Waals surface area (Å²) in [5, 5.41) is 8.12. The Morgan fingerprint density at radius 2 is 1.85 bits per heavy atom. The molecule has 78 valence electrons. The summed E-state index contributed by atoms with van der Waals surface area (Å²) in [6, 6.07) is 0. The van der Waals surface area contributed by atoms with Crippen LogP contribution in [-0.4, -0.2) is 41.5 Å². The summed E-state index contributed by atoms with van der Waals surface area (Å²) in [4.78, 5) is 11.5. The second kappa shape index (κ2) is 4.72. The number of carbonyl (C=O) groups is 1. The van der Waals surface area contributed by atoms with Crippen LogP contribution in [-0.2, 0) is 4.79 Å². The Morgan fingerprint density at radius 3 is 2.23 bits per heavy atom. The monoisotopic (exact) mass is 215 g/mol. The molecule has 6 heteroatoms. The van der Waals surface area contributed by atoms with Gasteiger partial charge >= 0.3 is 11.9 Å². The van der Waals surface area contributed by atoms with Crippen molar-refractivity contribution in [1.29, 1.82) is 0 Å². The number of rotatable bonds is 3. The molecule has 1 N–H and O–H groups in total. The molecule has 0 bridgehead atoms. The van der Waals surface area contributed by atoms with E-state index in [1.54, 1.807) is 0 Å². The molecule has 0 unspecified atom stereocenters. The van der Waals surface area contributed by atoms with E-state index in [0.29, 0.717) is 13.1 Å². The summed E-state index contributed by atoms with van der Waals surface area (Å²) in [7, 11) is 0. The number of aliphatic carboxylic acids is 1. The molecule has 3 nitrogen and oxygen atoms in total. The van der Waals surface area contributed by atoms with Crippen molar-refractivity contribution in [3.63, 3.8) is 0 Å². The molecule has 1 rings (SSSR count). The van der Waals surface area contributed by atoms with Gasteiger partial charge in [-0.3, -0.25) is 4.90 Å².